The molecule has 1 aliphatic heterocycles. The van der Waals surface area contributed by atoms with Crippen LogP contribution in [0.3, 0.4) is 0 Å². The highest BCUT2D eigenvalue weighted by atomic mass is 16.5. The zero-order chi connectivity index (χ0) is 18.4. The summed E-state index contributed by atoms with van der Waals surface area (Å²) in [4.78, 5) is 12.3. The minimum Gasteiger partial charge on any atom is -0.497 e. The van der Waals surface area contributed by atoms with Gasteiger partial charge in [-0.15, -0.1) is 5.10 Å². The van der Waals surface area contributed by atoms with Crippen molar-refractivity contribution in [1.82, 2.24) is 25.6 Å². The Kier molecular flexibility index (Phi) is 6.22. The van der Waals surface area contributed by atoms with Crippen LogP contribution in [0.5, 0.6) is 5.75 Å². The number of nitrogens with zero attached hydrogens (tertiary/aromatic N) is 3. The number of methoxy groups -OCH3 is 1. The van der Waals surface area contributed by atoms with Gasteiger partial charge in [-0.25, -0.2) is 4.68 Å². The summed E-state index contributed by atoms with van der Waals surface area (Å²) >= 11 is 0. The molecule has 3 rings (SSSR count). The van der Waals surface area contributed by atoms with Crippen LogP contribution in [0.25, 0.3) is 0 Å². The molecule has 1 fully saturated rings. The standard InChI is InChI=1S/C19H27N5O2/c1-14(15-3-5-17(26-2)6-4-15)7-12-21-19(25)18-13-24(23-22-18)16-8-10-20-11-9-16/h3-6,13-14,16,20H,7-12H2,1-2H3,(H,21,25). The first-order valence-electron chi connectivity index (χ1n) is 9.22. The van der Waals surface area contributed by atoms with Gasteiger partial charge in [0.05, 0.1) is 19.3 Å². The Balaban J connectivity index is 1.46. The largest absolute Gasteiger partial charge is 0.497 e. The molecule has 0 aliphatic carbocycles. The van der Waals surface area contributed by atoms with Gasteiger partial charge in [0.2, 0.25) is 0 Å². The molecule has 1 aromatic carbocycles. The maximum Gasteiger partial charge on any atom is 0.273 e. The third kappa shape index (κ3) is 4.60. The number of benzene rings is 1. The second-order valence-electron chi connectivity index (χ2n) is 6.78. The van der Waals surface area contributed by atoms with Crippen LogP contribution in [0.2, 0.25) is 0 Å². The van der Waals surface area contributed by atoms with E-state index in [4.69, 9.17) is 4.74 Å². The Morgan fingerprint density at radius 2 is 2.08 bits per heavy atom. The zero-order valence-corrected chi connectivity index (χ0v) is 15.4. The number of hydrogen-bond acceptors (Lipinski definition) is 5. The Morgan fingerprint density at radius 1 is 1.35 bits per heavy atom. The third-order valence-corrected chi connectivity index (χ3v) is 4.97. The molecule has 7 nitrogen and oxygen atoms in total. The van der Waals surface area contributed by atoms with Gasteiger partial charge in [0, 0.05) is 6.54 Å². The molecule has 1 aliphatic rings. The maximum absolute atomic E-state index is 12.3. The van der Waals surface area contributed by atoms with E-state index in [0.29, 0.717) is 24.2 Å². The van der Waals surface area contributed by atoms with Crippen molar-refractivity contribution in [3.05, 3.63) is 41.7 Å². The van der Waals surface area contributed by atoms with Gasteiger partial charge in [-0.3, -0.25) is 4.79 Å². The van der Waals surface area contributed by atoms with E-state index in [1.54, 1.807) is 13.3 Å². The van der Waals surface area contributed by atoms with Gasteiger partial charge >= 0.3 is 0 Å². The lowest BCUT2D eigenvalue weighted by Gasteiger charge is -2.22. The van der Waals surface area contributed by atoms with Gasteiger partial charge in [0.1, 0.15) is 5.75 Å². The molecule has 2 aromatic rings. The number of rotatable bonds is 7. The van der Waals surface area contributed by atoms with Crippen molar-refractivity contribution in [3.63, 3.8) is 0 Å². The average Bonchev–Trinajstić information content (AvgIpc) is 3.19. The molecule has 0 bridgehead atoms. The minimum absolute atomic E-state index is 0.160. The van der Waals surface area contributed by atoms with E-state index >= 15 is 0 Å². The molecule has 1 unspecified atom stereocenters. The van der Waals surface area contributed by atoms with E-state index in [0.717, 1.165) is 38.1 Å². The Labute approximate surface area is 154 Å². The number of carbonyl (C=O) groups excluding carboxylic acids is 1. The van der Waals surface area contributed by atoms with Crippen LogP contribution >= 0.6 is 0 Å². The lowest BCUT2D eigenvalue weighted by molar-refractivity contribution is 0.0947. The normalized spacial score (nSPS) is 16.2. The number of carbonyl (C=O) groups is 1. The topological polar surface area (TPSA) is 81.1 Å². The van der Waals surface area contributed by atoms with Gasteiger partial charge in [0.15, 0.2) is 5.69 Å². The summed E-state index contributed by atoms with van der Waals surface area (Å²) in [5, 5.41) is 14.4. The molecule has 7 heteroatoms. The molecule has 1 amide bonds. The van der Waals surface area contributed by atoms with Crippen LogP contribution in [0.4, 0.5) is 0 Å². The van der Waals surface area contributed by atoms with Crippen molar-refractivity contribution >= 4 is 5.91 Å². The molecule has 26 heavy (non-hydrogen) atoms. The van der Waals surface area contributed by atoms with E-state index < -0.39 is 0 Å². The van der Waals surface area contributed by atoms with Crippen molar-refractivity contribution in [3.8, 4) is 5.75 Å². The molecule has 0 radical (unpaired) electrons. The first-order chi connectivity index (χ1) is 12.7. The molecular formula is C19H27N5O2. The summed E-state index contributed by atoms with van der Waals surface area (Å²) in [5.74, 6) is 1.05. The minimum atomic E-state index is -0.160. The van der Waals surface area contributed by atoms with Gasteiger partial charge in [0.25, 0.3) is 5.91 Å². The fourth-order valence-electron chi connectivity index (χ4n) is 3.22. The van der Waals surface area contributed by atoms with Crippen molar-refractivity contribution in [2.24, 2.45) is 0 Å². The van der Waals surface area contributed by atoms with Crippen molar-refractivity contribution in [2.75, 3.05) is 26.7 Å². The lowest BCUT2D eigenvalue weighted by atomic mass is 9.98. The van der Waals surface area contributed by atoms with E-state index in [1.165, 1.54) is 5.56 Å². The summed E-state index contributed by atoms with van der Waals surface area (Å²) in [5.41, 5.74) is 1.62. The highest BCUT2D eigenvalue weighted by molar-refractivity contribution is 5.91. The second kappa shape index (κ2) is 8.80. The molecule has 2 heterocycles. The van der Waals surface area contributed by atoms with Crippen LogP contribution in [0, 0.1) is 0 Å². The summed E-state index contributed by atoms with van der Waals surface area (Å²) in [6.07, 6.45) is 4.66. The number of nitrogens with one attached hydrogen (secondary N) is 2. The lowest BCUT2D eigenvalue weighted by Crippen LogP contribution is -2.29. The quantitative estimate of drug-likeness (QED) is 0.793. The number of piperidine rings is 1. The summed E-state index contributed by atoms with van der Waals surface area (Å²) in [6, 6.07) is 8.39. The second-order valence-corrected chi connectivity index (χ2v) is 6.78. The van der Waals surface area contributed by atoms with E-state index in [1.807, 2.05) is 16.8 Å². The van der Waals surface area contributed by atoms with E-state index in [2.05, 4.69) is 40.0 Å². The van der Waals surface area contributed by atoms with Gasteiger partial charge < -0.3 is 15.4 Å². The van der Waals surface area contributed by atoms with Crippen LogP contribution in [0.15, 0.2) is 30.5 Å². The molecule has 0 saturated carbocycles. The molecule has 1 saturated heterocycles. The SMILES string of the molecule is COc1ccc(C(C)CCNC(=O)c2cn(C3CCNCC3)nn2)cc1. The summed E-state index contributed by atoms with van der Waals surface area (Å²) in [6.45, 7) is 4.72. The Morgan fingerprint density at radius 3 is 2.77 bits per heavy atom. The average molecular weight is 357 g/mol. The van der Waals surface area contributed by atoms with Crippen LogP contribution < -0.4 is 15.4 Å². The predicted molar refractivity (Wildman–Crippen MR) is 99.5 cm³/mol. The van der Waals surface area contributed by atoms with Crippen molar-refractivity contribution in [2.45, 2.75) is 38.1 Å². The molecule has 1 atom stereocenters. The summed E-state index contributed by atoms with van der Waals surface area (Å²) < 4.78 is 7.01. The first-order valence-corrected chi connectivity index (χ1v) is 9.22. The van der Waals surface area contributed by atoms with E-state index in [9.17, 15) is 4.79 Å². The molecular weight excluding hydrogens is 330 g/mol. The zero-order valence-electron chi connectivity index (χ0n) is 15.4. The van der Waals surface area contributed by atoms with Gasteiger partial charge in [-0.1, -0.05) is 24.3 Å². The number of hydrogen-bond donors (Lipinski definition) is 2. The van der Waals surface area contributed by atoms with Gasteiger partial charge in [-0.05, 0) is 56.0 Å². The fourth-order valence-corrected chi connectivity index (χ4v) is 3.22. The number of amides is 1. The highest BCUT2D eigenvalue weighted by Gasteiger charge is 2.18. The van der Waals surface area contributed by atoms with Crippen LogP contribution in [0.1, 0.15) is 54.2 Å². The van der Waals surface area contributed by atoms with Crippen LogP contribution in [-0.2, 0) is 0 Å². The Bertz CT molecular complexity index is 707. The first kappa shape index (κ1) is 18.4. The van der Waals surface area contributed by atoms with Crippen molar-refractivity contribution < 1.29 is 9.53 Å². The fraction of sp³-hybridized carbons (Fsp3) is 0.526. The Hall–Kier alpha value is -2.41. The molecule has 140 valence electrons. The molecule has 1 aromatic heterocycles. The number of ether oxygens (including phenoxy) is 1. The van der Waals surface area contributed by atoms with Crippen LogP contribution in [-0.4, -0.2) is 47.6 Å². The monoisotopic (exact) mass is 357 g/mol. The third-order valence-electron chi connectivity index (χ3n) is 4.97. The summed E-state index contributed by atoms with van der Waals surface area (Å²) in [7, 11) is 1.66. The smallest absolute Gasteiger partial charge is 0.273 e. The molecule has 0 spiro atoms. The van der Waals surface area contributed by atoms with Crippen molar-refractivity contribution in [1.29, 1.82) is 0 Å². The molecule has 2 N–H and O–H groups in total. The number of aromatic nitrogens is 3. The van der Waals surface area contributed by atoms with E-state index in [-0.39, 0.29) is 5.91 Å². The maximum atomic E-state index is 12.3. The highest BCUT2D eigenvalue weighted by Crippen LogP contribution is 2.21. The predicted octanol–water partition coefficient (Wildman–Crippen LogP) is 2.13. The van der Waals surface area contributed by atoms with Gasteiger partial charge in [-0.2, -0.15) is 0 Å².